The van der Waals surface area contributed by atoms with Gasteiger partial charge in [0.15, 0.2) is 4.96 Å². The van der Waals surface area contributed by atoms with Gasteiger partial charge in [0.05, 0.1) is 9.48 Å². The van der Waals surface area contributed by atoms with Crippen LogP contribution in [-0.4, -0.2) is 28.4 Å². The normalized spacial score (nSPS) is 17.8. The van der Waals surface area contributed by atoms with E-state index in [-0.39, 0.29) is 5.91 Å². The lowest BCUT2D eigenvalue weighted by Gasteiger charge is -2.57. The minimum Gasteiger partial charge on any atom is -0.370 e. The number of fused-ring (bicyclic) bond motifs is 1. The number of halogens is 1. The number of carbonyl (C=O) groups excluding carboxylic acids is 1. The van der Waals surface area contributed by atoms with E-state index >= 15 is 0 Å². The zero-order valence-electron chi connectivity index (χ0n) is 15.2. The molecule has 5 rings (SSSR count). The molecule has 2 aliphatic rings. The highest BCUT2D eigenvalue weighted by atomic mass is 79.9. The van der Waals surface area contributed by atoms with Gasteiger partial charge >= 0.3 is 0 Å². The Hall–Kier alpha value is -1.86. The summed E-state index contributed by atoms with van der Waals surface area (Å²) in [5, 5.41) is 3.03. The summed E-state index contributed by atoms with van der Waals surface area (Å²) in [5.41, 5.74) is 4.40. The van der Waals surface area contributed by atoms with Crippen LogP contribution in [0, 0.1) is 12.3 Å². The molecule has 1 amide bonds. The van der Waals surface area contributed by atoms with Gasteiger partial charge in [-0.3, -0.25) is 9.20 Å². The van der Waals surface area contributed by atoms with Crippen molar-refractivity contribution in [3.63, 3.8) is 0 Å². The molecule has 1 saturated heterocycles. The number of aromatic nitrogens is 2. The second-order valence-corrected chi connectivity index (χ2v) is 10.2. The van der Waals surface area contributed by atoms with Crippen LogP contribution in [0.15, 0.2) is 34.2 Å². The first-order valence-corrected chi connectivity index (χ1v) is 10.9. The zero-order valence-corrected chi connectivity index (χ0v) is 17.6. The van der Waals surface area contributed by atoms with Crippen molar-refractivity contribution in [2.75, 3.05) is 18.0 Å². The molecule has 27 heavy (non-hydrogen) atoms. The monoisotopic (exact) mass is 444 g/mol. The van der Waals surface area contributed by atoms with E-state index in [2.05, 4.69) is 55.4 Å². The van der Waals surface area contributed by atoms with Crippen molar-refractivity contribution in [1.82, 2.24) is 14.7 Å². The summed E-state index contributed by atoms with van der Waals surface area (Å²) >= 11 is 4.97. The van der Waals surface area contributed by atoms with Gasteiger partial charge in [-0.05, 0) is 53.4 Å². The van der Waals surface area contributed by atoms with E-state index in [0.29, 0.717) is 17.7 Å². The molecule has 2 fully saturated rings. The highest BCUT2D eigenvalue weighted by Crippen LogP contribution is 2.49. The maximum Gasteiger partial charge on any atom is 0.270 e. The molecule has 1 spiro atoms. The van der Waals surface area contributed by atoms with Gasteiger partial charge in [0.25, 0.3) is 5.91 Å². The van der Waals surface area contributed by atoms with Crippen molar-refractivity contribution >= 4 is 43.8 Å². The van der Waals surface area contributed by atoms with Crippen LogP contribution < -0.4 is 10.2 Å². The maximum atomic E-state index is 12.7. The first-order valence-electron chi connectivity index (χ1n) is 9.29. The van der Waals surface area contributed by atoms with Crippen molar-refractivity contribution in [1.29, 1.82) is 0 Å². The fourth-order valence-electron chi connectivity index (χ4n) is 4.23. The molecule has 1 N–H and O–H groups in total. The third kappa shape index (κ3) is 2.97. The number of aryl methyl sites for hydroxylation is 1. The average molecular weight is 445 g/mol. The van der Waals surface area contributed by atoms with E-state index in [1.807, 2.05) is 17.5 Å². The molecule has 3 aromatic rings. The smallest absolute Gasteiger partial charge is 0.270 e. The maximum absolute atomic E-state index is 12.7. The Morgan fingerprint density at radius 2 is 2.04 bits per heavy atom. The third-order valence-electron chi connectivity index (χ3n) is 5.91. The van der Waals surface area contributed by atoms with E-state index < -0.39 is 0 Å². The number of nitrogens with zero attached hydrogens (tertiary/aromatic N) is 3. The van der Waals surface area contributed by atoms with Crippen LogP contribution in [0.1, 0.15) is 41.0 Å². The standard InChI is InChI=1S/C20H21BrN4OS/c1-13-17(25-10-16(21)27-19(25)23-13)18(26)22-9-14-3-5-15(6-4-14)24-11-20(12-24)7-2-8-20/h3-6,10H,2,7-9,11-12H2,1H3,(H,22,26). The minimum absolute atomic E-state index is 0.0935. The summed E-state index contributed by atoms with van der Waals surface area (Å²) in [6, 6.07) is 8.57. The van der Waals surface area contributed by atoms with Gasteiger partial charge in [0.2, 0.25) is 0 Å². The molecule has 1 aliphatic carbocycles. The summed E-state index contributed by atoms with van der Waals surface area (Å²) in [7, 11) is 0. The van der Waals surface area contributed by atoms with Gasteiger partial charge < -0.3 is 10.2 Å². The topological polar surface area (TPSA) is 49.6 Å². The van der Waals surface area contributed by atoms with Crippen LogP contribution in [0.4, 0.5) is 5.69 Å². The van der Waals surface area contributed by atoms with Crippen LogP contribution in [0.5, 0.6) is 0 Å². The summed E-state index contributed by atoms with van der Waals surface area (Å²) in [6.45, 7) is 4.80. The fraction of sp³-hybridized carbons (Fsp3) is 0.400. The number of benzene rings is 1. The SMILES string of the molecule is Cc1nc2sc(Br)cn2c1C(=O)NCc1ccc(N2CC3(CCC3)C2)cc1. The number of hydrogen-bond donors (Lipinski definition) is 1. The van der Waals surface area contributed by atoms with Crippen molar-refractivity contribution in [2.24, 2.45) is 5.41 Å². The van der Waals surface area contributed by atoms with E-state index in [1.54, 1.807) is 0 Å². The van der Waals surface area contributed by atoms with E-state index in [1.165, 1.54) is 49.4 Å². The highest BCUT2D eigenvalue weighted by Gasteiger charge is 2.47. The van der Waals surface area contributed by atoms with Gasteiger partial charge in [-0.25, -0.2) is 4.98 Å². The van der Waals surface area contributed by atoms with Crippen molar-refractivity contribution in [3.8, 4) is 0 Å². The molecule has 1 aliphatic heterocycles. The first-order chi connectivity index (χ1) is 13.0. The molecule has 1 saturated carbocycles. The number of hydrogen-bond acceptors (Lipinski definition) is 4. The quantitative estimate of drug-likeness (QED) is 0.648. The van der Waals surface area contributed by atoms with Crippen molar-refractivity contribution in [2.45, 2.75) is 32.7 Å². The van der Waals surface area contributed by atoms with Gasteiger partial charge in [-0.2, -0.15) is 0 Å². The molecule has 0 atom stereocenters. The van der Waals surface area contributed by atoms with Crippen molar-refractivity contribution < 1.29 is 4.79 Å². The molecule has 0 unspecified atom stereocenters. The van der Waals surface area contributed by atoms with E-state index in [0.717, 1.165) is 20.0 Å². The minimum atomic E-state index is -0.0935. The molecule has 3 heterocycles. The number of anilines is 1. The van der Waals surface area contributed by atoms with Gasteiger partial charge in [0.1, 0.15) is 5.69 Å². The van der Waals surface area contributed by atoms with Gasteiger partial charge in [0, 0.05) is 36.9 Å². The first kappa shape index (κ1) is 17.3. The van der Waals surface area contributed by atoms with Gasteiger partial charge in [-0.15, -0.1) is 0 Å². The predicted molar refractivity (Wildman–Crippen MR) is 112 cm³/mol. The Kier molecular flexibility index (Phi) is 4.05. The molecule has 1 aromatic carbocycles. The molecular formula is C20H21BrN4OS. The number of carbonyl (C=O) groups is 1. The Bertz CT molecular complexity index is 1010. The second kappa shape index (κ2) is 6.34. The number of thiazole rings is 1. The van der Waals surface area contributed by atoms with Crippen LogP contribution in [-0.2, 0) is 6.54 Å². The highest BCUT2D eigenvalue weighted by molar-refractivity contribution is 9.11. The Labute approximate surface area is 170 Å². The summed E-state index contributed by atoms with van der Waals surface area (Å²) in [4.78, 5) is 20.4. The molecular weight excluding hydrogens is 424 g/mol. The van der Waals surface area contributed by atoms with Crippen LogP contribution >= 0.6 is 27.3 Å². The predicted octanol–water partition coefficient (Wildman–Crippen LogP) is 4.39. The van der Waals surface area contributed by atoms with Crippen LogP contribution in [0.3, 0.4) is 0 Å². The van der Waals surface area contributed by atoms with Gasteiger partial charge in [-0.1, -0.05) is 29.9 Å². The Morgan fingerprint density at radius 3 is 2.70 bits per heavy atom. The fourth-order valence-corrected chi connectivity index (χ4v) is 5.63. The Morgan fingerprint density at radius 1 is 1.30 bits per heavy atom. The molecule has 7 heteroatoms. The van der Waals surface area contributed by atoms with Crippen molar-refractivity contribution in [3.05, 3.63) is 51.2 Å². The zero-order chi connectivity index (χ0) is 18.6. The Balaban J connectivity index is 1.23. The van der Waals surface area contributed by atoms with Crippen LogP contribution in [0.25, 0.3) is 4.96 Å². The number of amides is 1. The molecule has 2 aromatic heterocycles. The number of rotatable bonds is 4. The second-order valence-electron chi connectivity index (χ2n) is 7.79. The molecule has 0 radical (unpaired) electrons. The van der Waals surface area contributed by atoms with E-state index in [9.17, 15) is 4.79 Å². The molecule has 0 bridgehead atoms. The molecule has 140 valence electrons. The third-order valence-corrected chi connectivity index (χ3v) is 7.37. The van der Waals surface area contributed by atoms with Crippen LogP contribution in [0.2, 0.25) is 0 Å². The average Bonchev–Trinajstić information content (AvgIpc) is 3.05. The van der Waals surface area contributed by atoms with E-state index in [4.69, 9.17) is 0 Å². The summed E-state index contributed by atoms with van der Waals surface area (Å²) in [6.07, 6.45) is 6.09. The summed E-state index contributed by atoms with van der Waals surface area (Å²) in [5.74, 6) is -0.0935. The lowest BCUT2D eigenvalue weighted by Crippen LogP contribution is -2.59. The lowest BCUT2D eigenvalue weighted by molar-refractivity contribution is 0.0904. The number of imidazole rings is 1. The largest absolute Gasteiger partial charge is 0.370 e. The lowest BCUT2D eigenvalue weighted by atomic mass is 9.63. The number of nitrogens with one attached hydrogen (secondary N) is 1. The molecule has 5 nitrogen and oxygen atoms in total. The summed E-state index contributed by atoms with van der Waals surface area (Å²) < 4.78 is 2.81.